The van der Waals surface area contributed by atoms with E-state index in [0.29, 0.717) is 0 Å². The highest BCUT2D eigenvalue weighted by Crippen LogP contribution is 2.40. The normalized spacial score (nSPS) is 17.1. The van der Waals surface area contributed by atoms with Crippen molar-refractivity contribution in [1.82, 2.24) is 0 Å². The number of hydrogen-bond acceptors (Lipinski definition) is 0. The van der Waals surface area contributed by atoms with Crippen LogP contribution in [0.25, 0.3) is 0 Å². The summed E-state index contributed by atoms with van der Waals surface area (Å²) in [6.45, 7) is 10.4. The second kappa shape index (κ2) is 2.93. The van der Waals surface area contributed by atoms with Crippen LogP contribution in [0.2, 0.25) is 18.1 Å². The average Bonchev–Trinajstić information content (AvgIpc) is 1.62. The molecule has 0 saturated carbocycles. The van der Waals surface area contributed by atoms with Crippen LogP contribution in [0.1, 0.15) is 20.8 Å². The van der Waals surface area contributed by atoms with Crippen molar-refractivity contribution in [2.24, 2.45) is 0 Å². The summed E-state index contributed by atoms with van der Waals surface area (Å²) >= 11 is 3.03. The molecule has 62 valence electrons. The molecule has 0 radical (unpaired) electrons. The van der Waals surface area contributed by atoms with E-state index in [4.69, 9.17) is 0 Å². The molecule has 1 unspecified atom stereocenters. The van der Waals surface area contributed by atoms with E-state index in [1.165, 1.54) is 0 Å². The van der Waals surface area contributed by atoms with Gasteiger partial charge in [-0.25, -0.2) is 4.39 Å². The molecule has 0 aromatic rings. The first-order chi connectivity index (χ1) is 4.19. The van der Waals surface area contributed by atoms with E-state index >= 15 is 0 Å². The van der Waals surface area contributed by atoms with Crippen LogP contribution in [0.4, 0.5) is 4.39 Å². The van der Waals surface area contributed by atoms with E-state index in [1.54, 1.807) is 0 Å². The molecule has 0 aromatic carbocycles. The molecule has 0 N–H and O–H groups in total. The minimum Gasteiger partial charge on any atom is -0.239 e. The molecule has 1 atom stereocenters. The number of hydrogen-bond donors (Lipinski definition) is 0. The smallest absolute Gasteiger partial charge is 0.142 e. The van der Waals surface area contributed by atoms with Crippen molar-refractivity contribution in [3.8, 4) is 0 Å². The van der Waals surface area contributed by atoms with Gasteiger partial charge in [0.1, 0.15) is 12.8 Å². The third-order valence-corrected chi connectivity index (χ3v) is 10.9. The van der Waals surface area contributed by atoms with Crippen LogP contribution in [-0.2, 0) is 0 Å². The molecule has 0 nitrogen and oxygen atoms in total. The summed E-state index contributed by atoms with van der Waals surface area (Å²) in [5.74, 6) is 0. The Morgan fingerprint density at radius 3 is 1.60 bits per heavy atom. The van der Waals surface area contributed by atoms with E-state index < -0.39 is 12.8 Å². The molecule has 0 aliphatic heterocycles. The highest BCUT2D eigenvalue weighted by molar-refractivity contribution is 9.10. The summed E-state index contributed by atoms with van der Waals surface area (Å²) in [4.78, 5) is 0. The van der Waals surface area contributed by atoms with Gasteiger partial charge in [0.15, 0.2) is 0 Å². The van der Waals surface area contributed by atoms with Gasteiger partial charge in [-0.05, 0) is 5.04 Å². The van der Waals surface area contributed by atoms with Gasteiger partial charge in [-0.15, -0.1) is 0 Å². The lowest BCUT2D eigenvalue weighted by atomic mass is 10.2. The Labute approximate surface area is 72.3 Å². The fourth-order valence-electron chi connectivity index (χ4n) is 0.327. The van der Waals surface area contributed by atoms with Gasteiger partial charge >= 0.3 is 0 Å². The van der Waals surface area contributed by atoms with Crippen LogP contribution >= 0.6 is 15.9 Å². The maximum absolute atomic E-state index is 13.0. The van der Waals surface area contributed by atoms with E-state index in [1.807, 2.05) is 0 Å². The SMILES string of the molecule is CC(C)(C)[Si](C)(C)C(F)Br. The van der Waals surface area contributed by atoms with Crippen molar-refractivity contribution in [3.63, 3.8) is 0 Å². The molecule has 0 aliphatic rings. The Hall–Kier alpha value is 0.627. The van der Waals surface area contributed by atoms with E-state index in [2.05, 4.69) is 49.8 Å². The number of halogens is 2. The first-order valence-corrected chi connectivity index (χ1v) is 7.47. The summed E-state index contributed by atoms with van der Waals surface area (Å²) in [5.41, 5.74) is 0. The zero-order valence-electron chi connectivity index (χ0n) is 7.33. The maximum atomic E-state index is 13.0. The van der Waals surface area contributed by atoms with Gasteiger partial charge in [0, 0.05) is 0 Å². The third kappa shape index (κ3) is 2.05. The summed E-state index contributed by atoms with van der Waals surface area (Å²) in [5, 5.41) is 0.135. The number of alkyl halides is 2. The highest BCUT2D eigenvalue weighted by Gasteiger charge is 2.41. The molecule has 0 aromatic heterocycles. The predicted octanol–water partition coefficient (Wildman–Crippen LogP) is 3.72. The molecule has 0 spiro atoms. The zero-order valence-corrected chi connectivity index (χ0v) is 9.92. The molecule has 3 heteroatoms. The van der Waals surface area contributed by atoms with Crippen LogP contribution < -0.4 is 0 Å². The molecule has 0 rings (SSSR count). The van der Waals surface area contributed by atoms with Crippen LogP contribution in [0, 0.1) is 0 Å². The third-order valence-electron chi connectivity index (χ3n) is 2.48. The maximum Gasteiger partial charge on any atom is 0.142 e. The fraction of sp³-hybridized carbons (Fsp3) is 1.00. The topological polar surface area (TPSA) is 0 Å². The fourth-order valence-corrected chi connectivity index (χ4v) is 3.04. The molecule has 0 amide bonds. The van der Waals surface area contributed by atoms with Crippen molar-refractivity contribution in [3.05, 3.63) is 0 Å². The van der Waals surface area contributed by atoms with Gasteiger partial charge in [0.2, 0.25) is 0 Å². The molecule has 10 heavy (non-hydrogen) atoms. The zero-order chi connectivity index (χ0) is 8.58. The Bertz CT molecular complexity index is 115. The summed E-state index contributed by atoms with van der Waals surface area (Å²) in [7, 11) is -1.73. The van der Waals surface area contributed by atoms with E-state index in [0.717, 1.165) is 0 Å². The highest BCUT2D eigenvalue weighted by atomic mass is 79.9. The monoisotopic (exact) mass is 226 g/mol. The van der Waals surface area contributed by atoms with Gasteiger partial charge < -0.3 is 0 Å². The lowest BCUT2D eigenvalue weighted by Crippen LogP contribution is -2.44. The Morgan fingerprint density at radius 2 is 1.60 bits per heavy atom. The largest absolute Gasteiger partial charge is 0.239 e. The Kier molecular flexibility index (Phi) is 3.12. The van der Waals surface area contributed by atoms with E-state index in [-0.39, 0.29) is 5.04 Å². The molecule has 0 bridgehead atoms. The van der Waals surface area contributed by atoms with Crippen LogP contribution in [0.3, 0.4) is 0 Å². The van der Waals surface area contributed by atoms with Crippen molar-refractivity contribution in [1.29, 1.82) is 0 Å². The molecule has 0 saturated heterocycles. The molecule has 0 fully saturated rings. The summed E-state index contributed by atoms with van der Waals surface area (Å²) in [6, 6.07) is 0. The lowest BCUT2D eigenvalue weighted by molar-refractivity contribution is 0.528. The van der Waals surface area contributed by atoms with Crippen LogP contribution in [0.5, 0.6) is 0 Å². The van der Waals surface area contributed by atoms with Gasteiger partial charge in [-0.2, -0.15) is 0 Å². The Morgan fingerprint density at radius 1 is 1.30 bits per heavy atom. The minimum absolute atomic E-state index is 0.135. The van der Waals surface area contributed by atoms with E-state index in [9.17, 15) is 4.39 Å². The van der Waals surface area contributed by atoms with Crippen LogP contribution in [-0.4, -0.2) is 12.8 Å². The standard InChI is InChI=1S/C7H16BrFSi/c1-7(2,3)10(4,5)6(8)9/h6H,1-5H3. The van der Waals surface area contributed by atoms with Crippen molar-refractivity contribution in [2.75, 3.05) is 0 Å². The minimum atomic E-state index is -1.73. The summed E-state index contributed by atoms with van der Waals surface area (Å²) in [6.07, 6.45) is 0. The quantitative estimate of drug-likeness (QED) is 0.473. The second-order valence-electron chi connectivity index (χ2n) is 4.27. The lowest BCUT2D eigenvalue weighted by Gasteiger charge is -2.36. The second-order valence-corrected chi connectivity index (χ2v) is 11.4. The summed E-state index contributed by atoms with van der Waals surface area (Å²) < 4.78 is 12.2. The number of rotatable bonds is 1. The molecule has 0 aliphatic carbocycles. The van der Waals surface area contributed by atoms with Gasteiger partial charge in [0.05, 0.1) is 0 Å². The van der Waals surface area contributed by atoms with Gasteiger partial charge in [-0.1, -0.05) is 49.8 Å². The molecule has 0 heterocycles. The van der Waals surface area contributed by atoms with Gasteiger partial charge in [-0.3, -0.25) is 0 Å². The van der Waals surface area contributed by atoms with Crippen LogP contribution in [0.15, 0.2) is 0 Å². The first-order valence-electron chi connectivity index (χ1n) is 3.48. The molecular weight excluding hydrogens is 211 g/mol. The predicted molar refractivity (Wildman–Crippen MR) is 51.0 cm³/mol. The average molecular weight is 227 g/mol. The first kappa shape index (κ1) is 10.6. The van der Waals surface area contributed by atoms with Gasteiger partial charge in [0.25, 0.3) is 0 Å². The molecular formula is C7H16BrFSi. The van der Waals surface area contributed by atoms with Crippen molar-refractivity contribution < 1.29 is 4.39 Å². The van der Waals surface area contributed by atoms with Crippen molar-refractivity contribution >= 4 is 24.0 Å². The van der Waals surface area contributed by atoms with Crippen molar-refractivity contribution in [2.45, 2.75) is 43.6 Å². The Balaban J connectivity index is 4.40.